The molecule has 0 bridgehead atoms. The Morgan fingerprint density at radius 2 is 2.28 bits per heavy atom. The Kier molecular flexibility index (Phi) is 3.83. The van der Waals surface area contributed by atoms with Crippen molar-refractivity contribution >= 4 is 15.9 Å². The summed E-state index contributed by atoms with van der Waals surface area (Å²) >= 11 is 3.55. The summed E-state index contributed by atoms with van der Waals surface area (Å²) < 4.78 is 3.04. The highest BCUT2D eigenvalue weighted by molar-refractivity contribution is 9.10. The third-order valence-electron chi connectivity index (χ3n) is 2.96. The van der Waals surface area contributed by atoms with Gasteiger partial charge in [-0.1, -0.05) is 6.92 Å². The first-order valence-corrected chi connectivity index (χ1v) is 6.69. The third-order valence-corrected chi connectivity index (χ3v) is 3.73. The van der Waals surface area contributed by atoms with Crippen molar-refractivity contribution in [3.05, 3.63) is 40.3 Å². The van der Waals surface area contributed by atoms with Crippen LogP contribution in [0, 0.1) is 18.3 Å². The molecule has 0 aliphatic carbocycles. The molecule has 0 saturated heterocycles. The van der Waals surface area contributed by atoms with E-state index in [0.29, 0.717) is 5.56 Å². The maximum absolute atomic E-state index is 9.24. The Labute approximate surface area is 115 Å². The second-order valence-electron chi connectivity index (χ2n) is 4.13. The van der Waals surface area contributed by atoms with E-state index in [1.807, 2.05) is 25.3 Å². The second-order valence-corrected chi connectivity index (χ2v) is 4.92. The number of pyridine rings is 1. The summed E-state index contributed by atoms with van der Waals surface area (Å²) in [6.45, 7) is 5.02. The Morgan fingerprint density at radius 3 is 2.83 bits per heavy atom. The lowest BCUT2D eigenvalue weighted by molar-refractivity contribution is 0.670. The van der Waals surface area contributed by atoms with E-state index in [-0.39, 0.29) is 0 Å². The predicted octanol–water partition coefficient (Wildman–Crippen LogP) is 3.90. The van der Waals surface area contributed by atoms with Crippen LogP contribution in [0.5, 0.6) is 0 Å². The van der Waals surface area contributed by atoms with Crippen molar-refractivity contribution in [2.24, 2.45) is 0 Å². The molecule has 2 aromatic rings. The lowest BCUT2D eigenvalue weighted by atomic mass is 10.2. The van der Waals surface area contributed by atoms with Gasteiger partial charge in [0, 0.05) is 30.2 Å². The number of nitriles is 1. The van der Waals surface area contributed by atoms with Gasteiger partial charge in [0.2, 0.25) is 0 Å². The standard InChI is InChI=1S/C14H14BrN3/c1-3-7-18-10(2)12(8-16)13(15)14(18)11-5-4-6-17-9-11/h4-6,9H,3,7H2,1-2H3. The molecule has 0 aliphatic rings. The lowest BCUT2D eigenvalue weighted by Gasteiger charge is -2.10. The fraction of sp³-hybridized carbons (Fsp3) is 0.286. The molecule has 0 unspecified atom stereocenters. The summed E-state index contributed by atoms with van der Waals surface area (Å²) in [4.78, 5) is 4.15. The molecular formula is C14H14BrN3. The van der Waals surface area contributed by atoms with Crippen molar-refractivity contribution in [1.29, 1.82) is 5.26 Å². The highest BCUT2D eigenvalue weighted by Crippen LogP contribution is 2.35. The van der Waals surface area contributed by atoms with Gasteiger partial charge in [0.1, 0.15) is 6.07 Å². The monoisotopic (exact) mass is 303 g/mol. The van der Waals surface area contributed by atoms with Crippen molar-refractivity contribution in [2.75, 3.05) is 0 Å². The minimum absolute atomic E-state index is 0.710. The SMILES string of the molecule is CCCn1c(C)c(C#N)c(Br)c1-c1cccnc1. The van der Waals surface area contributed by atoms with Crippen LogP contribution in [0.25, 0.3) is 11.3 Å². The van der Waals surface area contributed by atoms with Crippen molar-refractivity contribution < 1.29 is 0 Å². The zero-order chi connectivity index (χ0) is 13.1. The van der Waals surface area contributed by atoms with Crippen LogP contribution in [0.3, 0.4) is 0 Å². The van der Waals surface area contributed by atoms with Gasteiger partial charge in [-0.15, -0.1) is 0 Å². The number of rotatable bonds is 3. The fourth-order valence-electron chi connectivity index (χ4n) is 2.12. The van der Waals surface area contributed by atoms with E-state index in [4.69, 9.17) is 0 Å². The van der Waals surface area contributed by atoms with Crippen molar-refractivity contribution in [2.45, 2.75) is 26.8 Å². The van der Waals surface area contributed by atoms with Gasteiger partial charge in [-0.25, -0.2) is 0 Å². The quantitative estimate of drug-likeness (QED) is 0.863. The third kappa shape index (κ3) is 2.06. The van der Waals surface area contributed by atoms with Crippen LogP contribution < -0.4 is 0 Å². The molecule has 0 spiro atoms. The molecule has 0 N–H and O–H groups in total. The molecule has 92 valence electrons. The molecule has 0 amide bonds. The normalized spacial score (nSPS) is 10.3. The fourth-order valence-corrected chi connectivity index (χ4v) is 2.94. The van der Waals surface area contributed by atoms with Crippen molar-refractivity contribution in [3.63, 3.8) is 0 Å². The minimum Gasteiger partial charge on any atom is -0.343 e. The lowest BCUT2D eigenvalue weighted by Crippen LogP contribution is -2.01. The molecule has 0 fully saturated rings. The first-order valence-electron chi connectivity index (χ1n) is 5.89. The molecule has 18 heavy (non-hydrogen) atoms. The average Bonchev–Trinajstić information content (AvgIpc) is 2.62. The molecule has 0 radical (unpaired) electrons. The molecule has 0 atom stereocenters. The van der Waals surface area contributed by atoms with Crippen LogP contribution in [0.1, 0.15) is 24.6 Å². The van der Waals surface area contributed by atoms with E-state index >= 15 is 0 Å². The highest BCUT2D eigenvalue weighted by atomic mass is 79.9. The maximum Gasteiger partial charge on any atom is 0.102 e. The molecule has 2 aromatic heterocycles. The molecule has 2 heterocycles. The highest BCUT2D eigenvalue weighted by Gasteiger charge is 2.19. The first-order chi connectivity index (χ1) is 8.70. The molecular weight excluding hydrogens is 290 g/mol. The molecule has 3 nitrogen and oxygen atoms in total. The largest absolute Gasteiger partial charge is 0.343 e. The minimum atomic E-state index is 0.710. The van der Waals surface area contributed by atoms with E-state index in [1.54, 1.807) is 6.20 Å². The summed E-state index contributed by atoms with van der Waals surface area (Å²) in [6, 6.07) is 6.19. The first kappa shape index (κ1) is 12.8. The van der Waals surface area contributed by atoms with E-state index in [0.717, 1.165) is 34.4 Å². The Bertz CT molecular complexity index is 594. The Balaban J connectivity index is 2.70. The summed E-state index contributed by atoms with van der Waals surface area (Å²) in [5.41, 5.74) is 3.79. The topological polar surface area (TPSA) is 41.6 Å². The van der Waals surface area contributed by atoms with E-state index in [9.17, 15) is 5.26 Å². The average molecular weight is 304 g/mol. The van der Waals surface area contributed by atoms with Gasteiger partial charge in [-0.2, -0.15) is 5.26 Å². The zero-order valence-electron chi connectivity index (χ0n) is 10.4. The van der Waals surface area contributed by atoms with Crippen LogP contribution in [0.4, 0.5) is 0 Å². The van der Waals surface area contributed by atoms with Crippen LogP contribution in [0.15, 0.2) is 29.0 Å². The van der Waals surface area contributed by atoms with E-state index in [2.05, 4.69) is 38.5 Å². The van der Waals surface area contributed by atoms with Crippen LogP contribution in [0.2, 0.25) is 0 Å². The molecule has 0 aliphatic heterocycles. The van der Waals surface area contributed by atoms with E-state index in [1.165, 1.54) is 0 Å². The van der Waals surface area contributed by atoms with Gasteiger partial charge in [-0.05, 0) is 41.4 Å². The van der Waals surface area contributed by atoms with Crippen LogP contribution in [-0.2, 0) is 6.54 Å². The number of halogens is 1. The van der Waals surface area contributed by atoms with E-state index < -0.39 is 0 Å². The molecule has 0 saturated carbocycles. The van der Waals surface area contributed by atoms with Gasteiger partial charge < -0.3 is 4.57 Å². The van der Waals surface area contributed by atoms with Gasteiger partial charge in [-0.3, -0.25) is 4.98 Å². The smallest absolute Gasteiger partial charge is 0.102 e. The number of hydrogen-bond donors (Lipinski definition) is 0. The van der Waals surface area contributed by atoms with Crippen LogP contribution in [-0.4, -0.2) is 9.55 Å². The van der Waals surface area contributed by atoms with Crippen LogP contribution >= 0.6 is 15.9 Å². The van der Waals surface area contributed by atoms with Crippen molar-refractivity contribution in [1.82, 2.24) is 9.55 Å². The number of hydrogen-bond acceptors (Lipinski definition) is 2. The predicted molar refractivity (Wildman–Crippen MR) is 75.1 cm³/mol. The Morgan fingerprint density at radius 1 is 1.50 bits per heavy atom. The molecule has 2 rings (SSSR count). The summed E-state index contributed by atoms with van der Waals surface area (Å²) in [5.74, 6) is 0. The summed E-state index contributed by atoms with van der Waals surface area (Å²) in [7, 11) is 0. The summed E-state index contributed by atoms with van der Waals surface area (Å²) in [5, 5.41) is 9.24. The van der Waals surface area contributed by atoms with Crippen molar-refractivity contribution in [3.8, 4) is 17.3 Å². The Hall–Kier alpha value is -1.60. The second kappa shape index (κ2) is 5.36. The zero-order valence-corrected chi connectivity index (χ0v) is 12.0. The number of aromatic nitrogens is 2. The summed E-state index contributed by atoms with van der Waals surface area (Å²) in [6.07, 6.45) is 4.61. The number of nitrogens with zero attached hydrogens (tertiary/aromatic N) is 3. The van der Waals surface area contributed by atoms with Gasteiger partial charge in [0.25, 0.3) is 0 Å². The van der Waals surface area contributed by atoms with Gasteiger partial charge >= 0.3 is 0 Å². The molecule has 0 aromatic carbocycles. The molecule has 4 heteroatoms. The van der Waals surface area contributed by atoms with Gasteiger partial charge in [0.05, 0.1) is 15.7 Å². The van der Waals surface area contributed by atoms with Gasteiger partial charge in [0.15, 0.2) is 0 Å². The maximum atomic E-state index is 9.24.